The fraction of sp³-hybridized carbons (Fsp3) is 0.462. The van der Waals surface area contributed by atoms with Crippen molar-refractivity contribution in [3.05, 3.63) is 34.9 Å². The van der Waals surface area contributed by atoms with Gasteiger partial charge in [0.15, 0.2) is 0 Å². The smallest absolute Gasteiger partial charge is 0.416 e. The molecule has 0 aromatic heterocycles. The fourth-order valence-electron chi connectivity index (χ4n) is 1.86. The van der Waals surface area contributed by atoms with Gasteiger partial charge in [0.1, 0.15) is 0 Å². The Morgan fingerprint density at radius 2 is 1.48 bits per heavy atom. The molecule has 1 atom stereocenters. The van der Waals surface area contributed by atoms with E-state index in [9.17, 15) is 31.1 Å². The maximum atomic E-state index is 12.7. The van der Waals surface area contributed by atoms with Crippen molar-refractivity contribution < 1.29 is 35.9 Å². The second kappa shape index (κ2) is 5.95. The summed E-state index contributed by atoms with van der Waals surface area (Å²) in [6.07, 6.45) is -9.86. The summed E-state index contributed by atoms with van der Waals surface area (Å²) in [6.45, 7) is 1.47. The van der Waals surface area contributed by atoms with E-state index < -0.39 is 35.4 Å². The van der Waals surface area contributed by atoms with Crippen LogP contribution in [0.4, 0.5) is 26.3 Å². The molecule has 21 heavy (non-hydrogen) atoms. The summed E-state index contributed by atoms with van der Waals surface area (Å²) in [6, 6.07) is 1.11. The molecule has 0 amide bonds. The Hall–Kier alpha value is -1.73. The molecular weight excluding hydrogens is 302 g/mol. The molecule has 2 nitrogen and oxygen atoms in total. The van der Waals surface area contributed by atoms with Crippen LogP contribution in [0.2, 0.25) is 0 Å². The average Bonchev–Trinajstić information content (AvgIpc) is 2.37. The first-order valence-electron chi connectivity index (χ1n) is 5.88. The number of esters is 1. The van der Waals surface area contributed by atoms with Crippen LogP contribution in [0.1, 0.15) is 36.0 Å². The molecule has 8 heteroatoms. The summed E-state index contributed by atoms with van der Waals surface area (Å²) >= 11 is 0. The van der Waals surface area contributed by atoms with Gasteiger partial charge in [-0.05, 0) is 30.2 Å². The van der Waals surface area contributed by atoms with Crippen LogP contribution in [0.15, 0.2) is 18.2 Å². The van der Waals surface area contributed by atoms with Gasteiger partial charge in [-0.25, -0.2) is 0 Å². The van der Waals surface area contributed by atoms with Crippen molar-refractivity contribution in [1.82, 2.24) is 0 Å². The standard InChI is InChI=1S/C13H12F6O2/c1-3-10(11(20)21-2)7-4-8(12(14,15)16)6-9(5-7)13(17,18)19/h4-6,10H,3H2,1-2H3. The van der Waals surface area contributed by atoms with Crippen LogP contribution in [0.25, 0.3) is 0 Å². The monoisotopic (exact) mass is 314 g/mol. The number of hydrogen-bond acceptors (Lipinski definition) is 2. The molecule has 0 saturated carbocycles. The van der Waals surface area contributed by atoms with Crippen molar-refractivity contribution in [3.8, 4) is 0 Å². The molecule has 118 valence electrons. The summed E-state index contributed by atoms with van der Waals surface area (Å²) in [4.78, 5) is 11.5. The average molecular weight is 314 g/mol. The number of benzene rings is 1. The van der Waals surface area contributed by atoms with Crippen LogP contribution >= 0.6 is 0 Å². The highest BCUT2D eigenvalue weighted by Crippen LogP contribution is 2.38. The Morgan fingerprint density at radius 1 is 1.05 bits per heavy atom. The lowest BCUT2D eigenvalue weighted by Crippen LogP contribution is -2.17. The van der Waals surface area contributed by atoms with Gasteiger partial charge < -0.3 is 4.74 Å². The minimum atomic E-state index is -4.94. The molecule has 1 aromatic rings. The van der Waals surface area contributed by atoms with Gasteiger partial charge in [0.05, 0.1) is 24.2 Å². The highest BCUT2D eigenvalue weighted by atomic mass is 19.4. The van der Waals surface area contributed by atoms with Gasteiger partial charge in [0.2, 0.25) is 0 Å². The van der Waals surface area contributed by atoms with Crippen LogP contribution < -0.4 is 0 Å². The molecule has 0 aliphatic carbocycles. The van der Waals surface area contributed by atoms with Crippen LogP contribution in [0.5, 0.6) is 0 Å². The first-order valence-corrected chi connectivity index (χ1v) is 5.88. The SMILES string of the molecule is CCC(C(=O)OC)c1cc(C(F)(F)F)cc(C(F)(F)F)c1. The van der Waals surface area contributed by atoms with E-state index in [4.69, 9.17) is 0 Å². The van der Waals surface area contributed by atoms with Crippen molar-refractivity contribution in [2.75, 3.05) is 7.11 Å². The minimum Gasteiger partial charge on any atom is -0.469 e. The maximum absolute atomic E-state index is 12.7. The predicted octanol–water partition coefficient (Wildman–Crippen LogP) is 4.39. The first-order chi connectivity index (χ1) is 9.50. The number of carbonyl (C=O) groups excluding carboxylic acids is 1. The van der Waals surface area contributed by atoms with Crippen molar-refractivity contribution in [2.24, 2.45) is 0 Å². The molecule has 1 aromatic carbocycles. The van der Waals surface area contributed by atoms with E-state index in [1.807, 2.05) is 0 Å². The number of halogens is 6. The second-order valence-electron chi connectivity index (χ2n) is 4.32. The number of carbonyl (C=O) groups is 1. The van der Waals surface area contributed by atoms with Crippen LogP contribution in [-0.4, -0.2) is 13.1 Å². The zero-order valence-electron chi connectivity index (χ0n) is 11.1. The molecule has 0 saturated heterocycles. The highest BCUT2D eigenvalue weighted by molar-refractivity contribution is 5.78. The highest BCUT2D eigenvalue weighted by Gasteiger charge is 2.38. The Kier molecular flexibility index (Phi) is 4.91. The van der Waals surface area contributed by atoms with Gasteiger partial charge in [-0.3, -0.25) is 4.79 Å². The fourth-order valence-corrected chi connectivity index (χ4v) is 1.86. The summed E-state index contributed by atoms with van der Waals surface area (Å²) in [5, 5.41) is 0. The number of methoxy groups -OCH3 is 1. The molecule has 0 radical (unpaired) electrons. The van der Waals surface area contributed by atoms with Crippen LogP contribution in [-0.2, 0) is 21.9 Å². The summed E-state index contributed by atoms with van der Waals surface area (Å²) in [7, 11) is 1.02. The number of alkyl halides is 6. The molecule has 0 aliphatic rings. The molecule has 0 fully saturated rings. The van der Waals surface area contributed by atoms with E-state index in [1.54, 1.807) is 0 Å². The number of rotatable bonds is 3. The van der Waals surface area contributed by atoms with Crippen LogP contribution in [0, 0.1) is 0 Å². The largest absolute Gasteiger partial charge is 0.469 e. The normalized spacial score (nSPS) is 13.9. The van der Waals surface area contributed by atoms with Crippen LogP contribution in [0.3, 0.4) is 0 Å². The maximum Gasteiger partial charge on any atom is 0.416 e. The second-order valence-corrected chi connectivity index (χ2v) is 4.32. The van der Waals surface area contributed by atoms with Gasteiger partial charge in [-0.1, -0.05) is 6.92 Å². The van der Waals surface area contributed by atoms with Gasteiger partial charge in [-0.15, -0.1) is 0 Å². The van der Waals surface area contributed by atoms with Crippen molar-refractivity contribution >= 4 is 5.97 Å². The van der Waals surface area contributed by atoms with Crippen molar-refractivity contribution in [2.45, 2.75) is 31.6 Å². The lowest BCUT2D eigenvalue weighted by atomic mass is 9.92. The van der Waals surface area contributed by atoms with Crippen molar-refractivity contribution in [3.63, 3.8) is 0 Å². The lowest BCUT2D eigenvalue weighted by molar-refractivity contribution is -0.145. The molecule has 0 aliphatic heterocycles. The molecule has 1 unspecified atom stereocenters. The molecular formula is C13H12F6O2. The van der Waals surface area contributed by atoms with Gasteiger partial charge in [0, 0.05) is 0 Å². The van der Waals surface area contributed by atoms with Gasteiger partial charge in [-0.2, -0.15) is 26.3 Å². The predicted molar refractivity (Wildman–Crippen MR) is 61.5 cm³/mol. The molecule has 1 rings (SSSR count). The van der Waals surface area contributed by atoms with Gasteiger partial charge in [0.25, 0.3) is 0 Å². The van der Waals surface area contributed by atoms with E-state index in [0.717, 1.165) is 7.11 Å². The Bertz CT molecular complexity index is 486. The third kappa shape index (κ3) is 4.12. The minimum absolute atomic E-state index is 0.0191. The first kappa shape index (κ1) is 17.3. The molecule has 0 heterocycles. The molecule has 0 spiro atoms. The van der Waals surface area contributed by atoms with E-state index in [2.05, 4.69) is 4.74 Å². The van der Waals surface area contributed by atoms with E-state index >= 15 is 0 Å². The molecule has 0 bridgehead atoms. The quantitative estimate of drug-likeness (QED) is 0.611. The summed E-state index contributed by atoms with van der Waals surface area (Å²) in [5.41, 5.74) is -3.27. The summed E-state index contributed by atoms with van der Waals surface area (Å²) in [5.74, 6) is -2.07. The Labute approximate surface area is 116 Å². The topological polar surface area (TPSA) is 26.3 Å². The van der Waals surface area contributed by atoms with E-state index in [1.165, 1.54) is 6.92 Å². The lowest BCUT2D eigenvalue weighted by Gasteiger charge is -2.18. The Balaban J connectivity index is 3.48. The number of hydrogen-bond donors (Lipinski definition) is 0. The van der Waals surface area contributed by atoms with E-state index in [0.29, 0.717) is 12.1 Å². The zero-order valence-corrected chi connectivity index (χ0v) is 11.1. The summed E-state index contributed by atoms with van der Waals surface area (Å²) < 4.78 is 80.6. The molecule has 0 N–H and O–H groups in total. The third-order valence-electron chi connectivity index (χ3n) is 2.91. The zero-order chi connectivity index (χ0) is 16.4. The number of ether oxygens (including phenoxy) is 1. The Morgan fingerprint density at radius 3 is 1.76 bits per heavy atom. The third-order valence-corrected chi connectivity index (χ3v) is 2.91. The van der Waals surface area contributed by atoms with Crippen molar-refractivity contribution in [1.29, 1.82) is 0 Å². The van der Waals surface area contributed by atoms with E-state index in [-0.39, 0.29) is 18.1 Å². The van der Waals surface area contributed by atoms with Gasteiger partial charge >= 0.3 is 18.3 Å².